The van der Waals surface area contributed by atoms with E-state index in [0.29, 0.717) is 25.7 Å². The number of hydrogen-bond donors (Lipinski definition) is 0. The maximum atomic E-state index is 12.8. The average Bonchev–Trinajstić information content (AvgIpc) is 3.42. The third-order valence-corrected chi connectivity index (χ3v) is 12.9. The highest BCUT2D eigenvalue weighted by atomic mass is 16.6. The van der Waals surface area contributed by atoms with Gasteiger partial charge in [-0.05, 0) is 122 Å². The molecule has 1 unspecified atom stereocenters. The molecule has 0 spiro atoms. The second-order valence-corrected chi connectivity index (χ2v) is 20.2. The van der Waals surface area contributed by atoms with E-state index in [1.807, 2.05) is 0 Å². The predicted octanol–water partition coefficient (Wildman–Crippen LogP) is 21.4. The molecule has 0 rings (SSSR count). The highest BCUT2D eigenvalue weighted by molar-refractivity contribution is 5.71. The van der Waals surface area contributed by atoms with Gasteiger partial charge in [0.25, 0.3) is 0 Å². The van der Waals surface area contributed by atoms with Crippen LogP contribution in [0.3, 0.4) is 0 Å². The second-order valence-electron chi connectivity index (χ2n) is 20.2. The molecule has 0 heterocycles. The normalized spacial score (nSPS) is 13.0. The number of carbonyl (C=O) groups is 3. The van der Waals surface area contributed by atoms with E-state index in [-0.39, 0.29) is 31.1 Å². The predicted molar refractivity (Wildman–Crippen MR) is 329 cm³/mol. The van der Waals surface area contributed by atoms with Gasteiger partial charge in [-0.2, -0.15) is 0 Å². The summed E-state index contributed by atoms with van der Waals surface area (Å²) in [4.78, 5) is 37.9. The van der Waals surface area contributed by atoms with Gasteiger partial charge < -0.3 is 14.2 Å². The van der Waals surface area contributed by atoms with Crippen molar-refractivity contribution in [2.45, 2.75) is 277 Å². The molecule has 0 aromatic rings. The number of allylic oxidation sites excluding steroid dienone is 22. The lowest BCUT2D eigenvalue weighted by Crippen LogP contribution is -2.30. The molecule has 0 aliphatic carbocycles. The Morgan fingerprint density at radius 2 is 0.513 bits per heavy atom. The zero-order valence-corrected chi connectivity index (χ0v) is 49.2. The topological polar surface area (TPSA) is 78.9 Å². The van der Waals surface area contributed by atoms with Gasteiger partial charge in [-0.1, -0.05) is 264 Å². The van der Waals surface area contributed by atoms with Crippen molar-refractivity contribution in [1.82, 2.24) is 0 Å². The Labute approximate surface area is 468 Å². The minimum absolute atomic E-state index is 0.0949. The second kappa shape index (κ2) is 63.1. The SMILES string of the molecule is CC/C=C\C/C=C\C/C=C\C/C=C\C/C=C\C/C=C\C/C=C\C/C=C\C/C=C\C/C=C\CCCCC(=O)OCC(COC(=O)CCCCCCCC)OC(=O)CCCCCCCCCCC/C=C\CCCCCCCC. The van der Waals surface area contributed by atoms with Crippen molar-refractivity contribution >= 4 is 17.9 Å². The summed E-state index contributed by atoms with van der Waals surface area (Å²) in [5.74, 6) is -0.953. The van der Waals surface area contributed by atoms with Gasteiger partial charge in [-0.25, -0.2) is 0 Å². The minimum Gasteiger partial charge on any atom is -0.462 e. The summed E-state index contributed by atoms with van der Waals surface area (Å²) in [5.41, 5.74) is 0. The van der Waals surface area contributed by atoms with Crippen LogP contribution in [0.4, 0.5) is 0 Å². The Balaban J connectivity index is 4.22. The molecule has 0 N–H and O–H groups in total. The molecule has 0 bridgehead atoms. The monoisotopic (exact) mass is 1050 g/mol. The molecule has 76 heavy (non-hydrogen) atoms. The van der Waals surface area contributed by atoms with E-state index in [2.05, 4.69) is 154 Å². The van der Waals surface area contributed by atoms with Gasteiger partial charge in [0.15, 0.2) is 6.10 Å². The van der Waals surface area contributed by atoms with Crippen molar-refractivity contribution in [3.63, 3.8) is 0 Å². The summed E-state index contributed by atoms with van der Waals surface area (Å²) < 4.78 is 16.7. The molecule has 0 aliphatic rings. The van der Waals surface area contributed by atoms with Gasteiger partial charge in [-0.3, -0.25) is 14.4 Å². The van der Waals surface area contributed by atoms with E-state index >= 15 is 0 Å². The molecule has 0 amide bonds. The van der Waals surface area contributed by atoms with Crippen LogP contribution in [0.25, 0.3) is 0 Å². The van der Waals surface area contributed by atoms with Crippen LogP contribution in [0, 0.1) is 0 Å². The number of rotatable bonds is 55. The van der Waals surface area contributed by atoms with Crippen molar-refractivity contribution in [3.8, 4) is 0 Å². The van der Waals surface area contributed by atoms with E-state index in [1.165, 1.54) is 109 Å². The lowest BCUT2D eigenvalue weighted by molar-refractivity contribution is -0.167. The summed E-state index contributed by atoms with van der Waals surface area (Å²) >= 11 is 0. The lowest BCUT2D eigenvalue weighted by Gasteiger charge is -2.18. The first kappa shape index (κ1) is 71.5. The fourth-order valence-electron chi connectivity index (χ4n) is 8.23. The van der Waals surface area contributed by atoms with Crippen LogP contribution >= 0.6 is 0 Å². The zero-order chi connectivity index (χ0) is 55.0. The van der Waals surface area contributed by atoms with Crippen LogP contribution in [0.1, 0.15) is 271 Å². The van der Waals surface area contributed by atoms with Crippen LogP contribution in [0.15, 0.2) is 134 Å². The lowest BCUT2D eigenvalue weighted by atomic mass is 10.1. The van der Waals surface area contributed by atoms with E-state index < -0.39 is 6.10 Å². The van der Waals surface area contributed by atoms with Crippen LogP contribution < -0.4 is 0 Å². The first-order valence-electron chi connectivity index (χ1n) is 31.2. The van der Waals surface area contributed by atoms with Crippen LogP contribution in [-0.4, -0.2) is 37.2 Å². The smallest absolute Gasteiger partial charge is 0.306 e. The summed E-state index contributed by atoms with van der Waals surface area (Å²) in [6.07, 6.45) is 89.2. The molecule has 6 nitrogen and oxygen atoms in total. The van der Waals surface area contributed by atoms with Gasteiger partial charge in [0, 0.05) is 19.3 Å². The molecule has 0 aromatic carbocycles. The van der Waals surface area contributed by atoms with Crippen LogP contribution in [0.2, 0.25) is 0 Å². The van der Waals surface area contributed by atoms with Gasteiger partial charge in [0.05, 0.1) is 0 Å². The maximum Gasteiger partial charge on any atom is 0.306 e. The van der Waals surface area contributed by atoms with Crippen molar-refractivity contribution in [2.24, 2.45) is 0 Å². The highest BCUT2D eigenvalue weighted by Gasteiger charge is 2.19. The van der Waals surface area contributed by atoms with E-state index in [9.17, 15) is 14.4 Å². The van der Waals surface area contributed by atoms with E-state index in [4.69, 9.17) is 14.2 Å². The van der Waals surface area contributed by atoms with Crippen LogP contribution in [0.5, 0.6) is 0 Å². The fraction of sp³-hybridized carbons (Fsp3) is 0.643. The molecule has 0 saturated carbocycles. The largest absolute Gasteiger partial charge is 0.462 e. The van der Waals surface area contributed by atoms with Crippen molar-refractivity contribution in [1.29, 1.82) is 0 Å². The van der Waals surface area contributed by atoms with Gasteiger partial charge in [0.1, 0.15) is 13.2 Å². The first-order chi connectivity index (χ1) is 37.5. The molecule has 0 radical (unpaired) electrons. The molecule has 0 aromatic heterocycles. The number of esters is 3. The van der Waals surface area contributed by atoms with Gasteiger partial charge in [-0.15, -0.1) is 0 Å². The number of hydrogen-bond acceptors (Lipinski definition) is 6. The first-order valence-corrected chi connectivity index (χ1v) is 31.2. The molecular formula is C70H114O6. The summed E-state index contributed by atoms with van der Waals surface area (Å²) in [6, 6.07) is 0. The summed E-state index contributed by atoms with van der Waals surface area (Å²) in [6.45, 7) is 6.42. The Bertz CT molecular complexity index is 1630. The van der Waals surface area contributed by atoms with Crippen molar-refractivity contribution in [3.05, 3.63) is 134 Å². The average molecular weight is 1050 g/mol. The quantitative estimate of drug-likeness (QED) is 0.0261. The number of carbonyl (C=O) groups excluding carboxylic acids is 3. The van der Waals surface area contributed by atoms with Gasteiger partial charge in [0.2, 0.25) is 0 Å². The summed E-state index contributed by atoms with van der Waals surface area (Å²) in [7, 11) is 0. The molecule has 0 aliphatic heterocycles. The Kier molecular flexibility index (Phi) is 59.4. The molecule has 0 saturated heterocycles. The summed E-state index contributed by atoms with van der Waals surface area (Å²) in [5, 5.41) is 0. The highest BCUT2D eigenvalue weighted by Crippen LogP contribution is 2.14. The maximum absolute atomic E-state index is 12.8. The Morgan fingerprint density at radius 1 is 0.276 bits per heavy atom. The molecular weight excluding hydrogens is 937 g/mol. The van der Waals surface area contributed by atoms with Crippen molar-refractivity contribution in [2.75, 3.05) is 13.2 Å². The van der Waals surface area contributed by atoms with Crippen molar-refractivity contribution < 1.29 is 28.6 Å². The third-order valence-electron chi connectivity index (χ3n) is 12.9. The molecule has 0 fully saturated rings. The molecule has 1 atom stereocenters. The fourth-order valence-corrected chi connectivity index (χ4v) is 8.23. The number of unbranched alkanes of at least 4 members (excludes halogenated alkanes) is 22. The van der Waals surface area contributed by atoms with Gasteiger partial charge >= 0.3 is 17.9 Å². The standard InChI is InChI=1S/C70H114O6/c1-4-7-10-13-16-18-20-22-24-26-28-29-30-31-32-33-34-35-36-37-38-39-40-41-43-44-46-48-50-52-54-57-60-63-69(72)75-66-67(65-74-68(71)62-59-56-15-12-9-6-3)76-70(73)64-61-58-55-53-51-49-47-45-42-27-25-23-21-19-17-14-11-8-5-2/h7,10,16,18,22-25,28-29,31-32,34-35,37-38,40-41,44,46,50,52,67H,4-6,8-9,11-15,17,19-21,26-27,30,33,36,39,42-43,45,47-49,51,53-66H2,1-3H3/b10-7-,18-16-,24-22-,25-23-,29-28-,32-31-,35-34-,38-37-,41-40-,46-44-,52-50-. The van der Waals surface area contributed by atoms with Crippen LogP contribution in [-0.2, 0) is 28.6 Å². The number of ether oxygens (including phenoxy) is 3. The Morgan fingerprint density at radius 3 is 0.842 bits per heavy atom. The zero-order valence-electron chi connectivity index (χ0n) is 49.2. The minimum atomic E-state index is -0.798. The van der Waals surface area contributed by atoms with E-state index in [0.717, 1.165) is 116 Å². The van der Waals surface area contributed by atoms with E-state index in [1.54, 1.807) is 0 Å². The molecule has 6 heteroatoms. The Hall–Kier alpha value is -4.45. The third kappa shape index (κ3) is 60.4. The molecule has 430 valence electrons.